The first kappa shape index (κ1) is 36.1. The Morgan fingerprint density at radius 3 is 2.59 bits per heavy atom. The molecule has 6 atom stereocenters. The van der Waals surface area contributed by atoms with Gasteiger partial charge in [-0.1, -0.05) is 6.08 Å². The molecule has 2 aliphatic carbocycles. The van der Waals surface area contributed by atoms with E-state index in [2.05, 4.69) is 15.6 Å². The summed E-state index contributed by atoms with van der Waals surface area (Å²) in [5.41, 5.74) is 10.5. The molecule has 6 rings (SSSR count). The van der Waals surface area contributed by atoms with Gasteiger partial charge < -0.3 is 67.0 Å². The number of allylic oxidation sites excluding steroid dienone is 2. The Morgan fingerprint density at radius 1 is 1.16 bits per heavy atom. The molecule has 6 unspecified atom stereocenters. The van der Waals surface area contributed by atoms with Crippen molar-refractivity contribution in [2.75, 3.05) is 27.3 Å². The van der Waals surface area contributed by atoms with E-state index in [9.17, 15) is 40.2 Å². The van der Waals surface area contributed by atoms with Gasteiger partial charge in [-0.25, -0.2) is 0 Å². The molecule has 274 valence electrons. The molecule has 16 nitrogen and oxygen atoms in total. The molecule has 0 aromatic heterocycles. The number of methoxy groups -OCH3 is 1. The summed E-state index contributed by atoms with van der Waals surface area (Å²) in [4.78, 5) is 32.7. The molecule has 1 saturated heterocycles. The molecule has 2 aliphatic heterocycles. The maximum atomic E-state index is 14.5. The number of aliphatic imine (C=N–C) groups is 1. The van der Waals surface area contributed by atoms with Crippen LogP contribution in [0.25, 0.3) is 0 Å². The Hall–Kier alpha value is -4.71. The van der Waals surface area contributed by atoms with Crippen molar-refractivity contribution >= 4 is 17.5 Å². The third-order valence-electron chi connectivity index (χ3n) is 10.1. The fourth-order valence-corrected chi connectivity index (χ4v) is 7.47. The number of hydrogen-bond acceptors (Lipinski definition) is 14. The number of phenols is 1. The molecule has 0 saturated carbocycles. The molecule has 2 aromatic rings. The van der Waals surface area contributed by atoms with Gasteiger partial charge in [0, 0.05) is 41.9 Å². The van der Waals surface area contributed by atoms with Crippen LogP contribution < -0.4 is 31.6 Å². The predicted molar refractivity (Wildman–Crippen MR) is 181 cm³/mol. The quantitative estimate of drug-likeness (QED) is 0.0966. The van der Waals surface area contributed by atoms with Gasteiger partial charge in [0.25, 0.3) is 0 Å². The lowest BCUT2D eigenvalue weighted by Crippen LogP contribution is -2.67. The van der Waals surface area contributed by atoms with E-state index in [-0.39, 0.29) is 58.1 Å². The van der Waals surface area contributed by atoms with E-state index < -0.39 is 66.8 Å². The number of guanidine groups is 1. The lowest BCUT2D eigenvalue weighted by Gasteiger charge is -2.48. The number of nitrogens with zero attached hydrogens (tertiary/aromatic N) is 1. The minimum Gasteiger partial charge on any atom is -0.507 e. The maximum Gasteiger partial charge on any atom is 0.229 e. The van der Waals surface area contributed by atoms with Crippen LogP contribution in [0.3, 0.4) is 0 Å². The molecule has 4 aliphatic rings. The Kier molecular flexibility index (Phi) is 10.0. The van der Waals surface area contributed by atoms with E-state index in [1.165, 1.54) is 20.2 Å². The van der Waals surface area contributed by atoms with E-state index in [1.807, 2.05) is 6.08 Å². The standard InChI is InChI=1S/C35H43N5O11/c1-38-34(37)40-19-5-3-4-16-11-17-26(29(44)24(16)19)30(45)27-21(12-20(49-2)18(13-41)25(27)28(17)43)50-33-31(46)32(47)35(48,22(14-42)51-33)8-6-15-7-9-39-23(36)10-15/h7,10-12,19,22,31-33,39,41-42,44,46-48H,3-6,8-9,13-14,36H2,1-2H3,(H3,37,38,40). The number of aryl methyl sites for hydroxylation is 1. The molecular weight excluding hydrogens is 666 g/mol. The van der Waals surface area contributed by atoms with Gasteiger partial charge in [-0.3, -0.25) is 14.6 Å². The zero-order valence-corrected chi connectivity index (χ0v) is 28.2. The van der Waals surface area contributed by atoms with E-state index in [4.69, 9.17) is 25.7 Å². The summed E-state index contributed by atoms with van der Waals surface area (Å²) in [5, 5.41) is 72.3. The number of carbonyl (C=O) groups excluding carboxylic acids is 2. The second kappa shape index (κ2) is 14.1. The number of nitrogens with two attached hydrogens (primary N) is 2. The Labute approximate surface area is 293 Å². The highest BCUT2D eigenvalue weighted by molar-refractivity contribution is 6.31. The maximum absolute atomic E-state index is 14.5. The van der Waals surface area contributed by atoms with E-state index >= 15 is 0 Å². The van der Waals surface area contributed by atoms with Crippen LogP contribution in [0.15, 0.2) is 40.7 Å². The highest BCUT2D eigenvalue weighted by Gasteiger charge is 2.55. The number of dihydropyridines is 1. The third-order valence-corrected chi connectivity index (χ3v) is 10.1. The second-order valence-electron chi connectivity index (χ2n) is 13.0. The topological polar surface area (TPSA) is 272 Å². The molecule has 2 aromatic carbocycles. The SMILES string of the molecule is CN=C(N)NC1CCCc2cc3c(c(O)c21)C(=O)c1c(OC2OC(CO)C(O)(CCC4=CCNC(N)=C4)C(O)C2O)cc(OC)c(CO)c1C3=O. The average molecular weight is 710 g/mol. The largest absolute Gasteiger partial charge is 0.507 e. The fraction of sp³-hybridized carbons (Fsp3) is 0.457. The Balaban J connectivity index is 1.39. The van der Waals surface area contributed by atoms with Crippen LogP contribution in [0.5, 0.6) is 17.2 Å². The molecule has 1 fully saturated rings. The first-order valence-corrected chi connectivity index (χ1v) is 16.6. The Morgan fingerprint density at radius 2 is 1.92 bits per heavy atom. The smallest absolute Gasteiger partial charge is 0.229 e. The number of phenolic OH excluding ortho intramolecular Hbond substituents is 1. The second-order valence-corrected chi connectivity index (χ2v) is 13.0. The first-order chi connectivity index (χ1) is 24.4. The van der Waals surface area contributed by atoms with Crippen molar-refractivity contribution in [2.24, 2.45) is 16.5 Å². The average Bonchev–Trinajstić information content (AvgIpc) is 3.12. The molecule has 0 bridgehead atoms. The summed E-state index contributed by atoms with van der Waals surface area (Å²) in [6.45, 7) is -1.02. The summed E-state index contributed by atoms with van der Waals surface area (Å²) in [6.07, 6.45) is -1.67. The van der Waals surface area contributed by atoms with Crippen LogP contribution >= 0.6 is 0 Å². The minimum absolute atomic E-state index is 0.0119. The third kappa shape index (κ3) is 6.17. The number of rotatable bonds is 9. The van der Waals surface area contributed by atoms with Crippen LogP contribution in [0, 0.1) is 0 Å². The monoisotopic (exact) mass is 709 g/mol. The molecular formula is C35H43N5O11. The highest BCUT2D eigenvalue weighted by atomic mass is 16.7. The van der Waals surface area contributed by atoms with Crippen molar-refractivity contribution in [1.29, 1.82) is 0 Å². The molecule has 0 spiro atoms. The molecule has 12 N–H and O–H groups in total. The van der Waals surface area contributed by atoms with Gasteiger partial charge in [0.2, 0.25) is 12.1 Å². The first-order valence-electron chi connectivity index (χ1n) is 16.6. The van der Waals surface area contributed by atoms with Gasteiger partial charge in [0.1, 0.15) is 41.2 Å². The van der Waals surface area contributed by atoms with Crippen LogP contribution in [-0.4, -0.2) is 106 Å². The van der Waals surface area contributed by atoms with Gasteiger partial charge in [0.05, 0.1) is 43.3 Å². The zero-order valence-electron chi connectivity index (χ0n) is 28.2. The predicted octanol–water partition coefficient (Wildman–Crippen LogP) is -0.761. The van der Waals surface area contributed by atoms with Crippen molar-refractivity contribution in [3.63, 3.8) is 0 Å². The van der Waals surface area contributed by atoms with Crippen LogP contribution in [0.1, 0.15) is 80.3 Å². The molecule has 0 radical (unpaired) electrons. The molecule has 2 heterocycles. The minimum atomic E-state index is -2.13. The normalized spacial score (nSPS) is 27.4. The summed E-state index contributed by atoms with van der Waals surface area (Å²) in [5.74, 6) is -1.75. The van der Waals surface area contributed by atoms with Crippen molar-refractivity contribution < 1.29 is 54.4 Å². The van der Waals surface area contributed by atoms with Crippen molar-refractivity contribution in [3.05, 3.63) is 74.6 Å². The summed E-state index contributed by atoms with van der Waals surface area (Å²) in [6, 6.07) is 2.27. The summed E-state index contributed by atoms with van der Waals surface area (Å²) < 4.78 is 17.3. The lowest BCUT2D eigenvalue weighted by molar-refractivity contribution is -0.314. The van der Waals surface area contributed by atoms with E-state index in [1.54, 1.807) is 12.1 Å². The molecule has 16 heteroatoms. The summed E-state index contributed by atoms with van der Waals surface area (Å²) >= 11 is 0. The number of carbonyl (C=O) groups is 2. The van der Waals surface area contributed by atoms with Crippen LogP contribution in [0.2, 0.25) is 0 Å². The number of hydrogen-bond donors (Lipinski definition) is 10. The van der Waals surface area contributed by atoms with Crippen molar-refractivity contribution in [3.8, 4) is 17.2 Å². The van der Waals surface area contributed by atoms with Crippen LogP contribution in [0.4, 0.5) is 0 Å². The van der Waals surface area contributed by atoms with E-state index in [0.717, 1.165) is 5.57 Å². The lowest BCUT2D eigenvalue weighted by atomic mass is 9.76. The number of aliphatic hydroxyl groups excluding tert-OH is 4. The van der Waals surface area contributed by atoms with Gasteiger partial charge >= 0.3 is 0 Å². The van der Waals surface area contributed by atoms with Gasteiger partial charge in [-0.2, -0.15) is 0 Å². The number of fused-ring (bicyclic) bond motifs is 3. The van der Waals surface area contributed by atoms with Crippen molar-refractivity contribution in [1.82, 2.24) is 10.6 Å². The van der Waals surface area contributed by atoms with Crippen molar-refractivity contribution in [2.45, 2.75) is 75.0 Å². The van der Waals surface area contributed by atoms with Gasteiger partial charge in [-0.15, -0.1) is 0 Å². The summed E-state index contributed by atoms with van der Waals surface area (Å²) in [7, 11) is 2.79. The number of aliphatic hydroxyl groups is 5. The highest BCUT2D eigenvalue weighted by Crippen LogP contribution is 2.47. The number of nitrogens with one attached hydrogen (secondary N) is 2. The number of ether oxygens (including phenoxy) is 3. The molecule has 51 heavy (non-hydrogen) atoms. The fourth-order valence-electron chi connectivity index (χ4n) is 7.47. The van der Waals surface area contributed by atoms with Gasteiger partial charge in [0.15, 0.2) is 11.7 Å². The zero-order chi connectivity index (χ0) is 36.8. The molecule has 0 amide bonds. The number of aromatic hydroxyl groups is 1. The number of ketones is 2. The number of benzene rings is 2. The van der Waals surface area contributed by atoms with Gasteiger partial charge in [-0.05, 0) is 55.4 Å². The Bertz CT molecular complexity index is 1840. The van der Waals surface area contributed by atoms with Crippen LogP contribution in [-0.2, 0) is 17.8 Å². The van der Waals surface area contributed by atoms with E-state index in [0.29, 0.717) is 42.8 Å².